The molecule has 0 fully saturated rings. The van der Waals surface area contributed by atoms with Gasteiger partial charge in [0.25, 0.3) is 5.91 Å². The number of amides is 1. The Hall–Kier alpha value is -3.01. The number of nitriles is 1. The second kappa shape index (κ2) is 8.90. The van der Waals surface area contributed by atoms with E-state index in [0.717, 1.165) is 0 Å². The highest BCUT2D eigenvalue weighted by Gasteiger charge is 2.15. The van der Waals surface area contributed by atoms with Gasteiger partial charge in [0.05, 0.1) is 29.1 Å². The van der Waals surface area contributed by atoms with Gasteiger partial charge in [-0.25, -0.2) is 4.79 Å². The molecule has 0 aliphatic rings. The number of hydrogen-bond acceptors (Lipinski definition) is 5. The quantitative estimate of drug-likeness (QED) is 0.453. The first kappa shape index (κ1) is 19.3. The van der Waals surface area contributed by atoms with Crippen molar-refractivity contribution in [3.8, 4) is 6.07 Å². The normalized spacial score (nSPS) is 10.6. The van der Waals surface area contributed by atoms with E-state index in [1.807, 2.05) is 0 Å². The van der Waals surface area contributed by atoms with Gasteiger partial charge in [-0.05, 0) is 30.3 Å². The van der Waals surface area contributed by atoms with E-state index in [2.05, 4.69) is 15.4 Å². The monoisotopic (exact) mass is 389 g/mol. The van der Waals surface area contributed by atoms with Gasteiger partial charge in [0.15, 0.2) is 0 Å². The van der Waals surface area contributed by atoms with Crippen molar-refractivity contribution in [1.29, 1.82) is 5.26 Å². The summed E-state index contributed by atoms with van der Waals surface area (Å²) >= 11 is 11.9. The molecule has 0 aliphatic carbocycles. The molecule has 0 aliphatic heterocycles. The summed E-state index contributed by atoms with van der Waals surface area (Å²) in [6, 6.07) is 12.8. The lowest BCUT2D eigenvalue weighted by Crippen LogP contribution is -2.17. The number of halogens is 2. The Morgan fingerprint density at radius 3 is 2.58 bits per heavy atom. The van der Waals surface area contributed by atoms with Crippen LogP contribution >= 0.6 is 23.2 Å². The molecule has 0 aromatic heterocycles. The Labute approximate surface area is 160 Å². The number of ether oxygens (including phenoxy) is 1. The van der Waals surface area contributed by atoms with Crippen LogP contribution in [0, 0.1) is 11.3 Å². The highest BCUT2D eigenvalue weighted by Crippen LogP contribution is 2.25. The molecule has 0 atom stereocenters. The minimum Gasteiger partial charge on any atom is -0.465 e. The SMILES string of the molecule is COC(=O)c1ccccc1NC(=O)/C(C#N)=C\Nc1cc(Cl)ccc1Cl. The van der Waals surface area contributed by atoms with Crippen LogP contribution in [-0.2, 0) is 9.53 Å². The Balaban J connectivity index is 2.21. The molecule has 0 saturated carbocycles. The number of carbonyl (C=O) groups is 2. The average Bonchev–Trinajstić information content (AvgIpc) is 2.64. The van der Waals surface area contributed by atoms with Gasteiger partial charge in [0.2, 0.25) is 0 Å². The Morgan fingerprint density at radius 2 is 1.88 bits per heavy atom. The van der Waals surface area contributed by atoms with Crippen molar-refractivity contribution in [3.63, 3.8) is 0 Å². The molecule has 2 rings (SSSR count). The first-order valence-corrected chi connectivity index (χ1v) is 8.02. The highest BCUT2D eigenvalue weighted by molar-refractivity contribution is 6.35. The number of methoxy groups -OCH3 is 1. The molecule has 2 N–H and O–H groups in total. The van der Waals surface area contributed by atoms with Crippen molar-refractivity contribution in [2.24, 2.45) is 0 Å². The maximum Gasteiger partial charge on any atom is 0.339 e. The summed E-state index contributed by atoms with van der Waals surface area (Å²) < 4.78 is 4.67. The van der Waals surface area contributed by atoms with Crippen molar-refractivity contribution in [1.82, 2.24) is 0 Å². The molecule has 0 radical (unpaired) electrons. The second-order valence-electron chi connectivity index (χ2n) is 4.93. The molecule has 1 amide bonds. The third-order valence-corrected chi connectivity index (χ3v) is 3.81. The fourth-order valence-corrected chi connectivity index (χ4v) is 2.32. The number of anilines is 2. The van der Waals surface area contributed by atoms with Gasteiger partial charge in [0, 0.05) is 11.2 Å². The lowest BCUT2D eigenvalue weighted by molar-refractivity contribution is -0.112. The van der Waals surface area contributed by atoms with E-state index >= 15 is 0 Å². The average molecular weight is 390 g/mol. The van der Waals surface area contributed by atoms with Crippen LogP contribution in [0.25, 0.3) is 0 Å². The van der Waals surface area contributed by atoms with Gasteiger partial charge in [0.1, 0.15) is 11.6 Å². The van der Waals surface area contributed by atoms with Crippen LogP contribution in [0.2, 0.25) is 10.0 Å². The van der Waals surface area contributed by atoms with Gasteiger partial charge in [-0.1, -0.05) is 35.3 Å². The second-order valence-corrected chi connectivity index (χ2v) is 5.77. The van der Waals surface area contributed by atoms with Gasteiger partial charge in [-0.2, -0.15) is 5.26 Å². The van der Waals surface area contributed by atoms with E-state index in [1.54, 1.807) is 36.4 Å². The molecule has 2 aromatic rings. The van der Waals surface area contributed by atoms with Gasteiger partial charge < -0.3 is 15.4 Å². The molecule has 0 unspecified atom stereocenters. The van der Waals surface area contributed by atoms with E-state index in [9.17, 15) is 14.9 Å². The number of para-hydroxylation sites is 1. The number of nitrogens with zero attached hydrogens (tertiary/aromatic N) is 1. The minimum atomic E-state index is -0.700. The van der Waals surface area contributed by atoms with Crippen molar-refractivity contribution in [3.05, 3.63) is 69.8 Å². The molecule has 6 nitrogen and oxygen atoms in total. The summed E-state index contributed by atoms with van der Waals surface area (Å²) in [7, 11) is 1.24. The summed E-state index contributed by atoms with van der Waals surface area (Å²) in [4.78, 5) is 24.1. The zero-order valence-electron chi connectivity index (χ0n) is 13.5. The number of rotatable bonds is 5. The third-order valence-electron chi connectivity index (χ3n) is 3.25. The lowest BCUT2D eigenvalue weighted by Gasteiger charge is -2.09. The maximum absolute atomic E-state index is 12.3. The smallest absolute Gasteiger partial charge is 0.339 e. The molecule has 0 spiro atoms. The molecular weight excluding hydrogens is 377 g/mol. The van der Waals surface area contributed by atoms with Crippen LogP contribution in [0.5, 0.6) is 0 Å². The topological polar surface area (TPSA) is 91.2 Å². The molecule has 26 heavy (non-hydrogen) atoms. The summed E-state index contributed by atoms with van der Waals surface area (Å²) in [5.41, 5.74) is 0.619. The molecule has 0 saturated heterocycles. The maximum atomic E-state index is 12.3. The lowest BCUT2D eigenvalue weighted by atomic mass is 10.1. The zero-order valence-corrected chi connectivity index (χ0v) is 15.1. The standard InChI is InChI=1S/C18H13Cl2N3O3/c1-26-18(25)13-4-2-3-5-15(13)23-17(24)11(9-21)10-22-16-8-12(19)6-7-14(16)20/h2-8,10,22H,1H3,(H,23,24)/b11-10-. The van der Waals surface area contributed by atoms with Gasteiger partial charge in [-0.15, -0.1) is 0 Å². The van der Waals surface area contributed by atoms with Crippen molar-refractivity contribution in [2.45, 2.75) is 0 Å². The van der Waals surface area contributed by atoms with E-state index in [1.165, 1.54) is 25.4 Å². The van der Waals surface area contributed by atoms with Crippen LogP contribution in [-0.4, -0.2) is 19.0 Å². The predicted octanol–water partition coefficient (Wildman–Crippen LogP) is 4.24. The van der Waals surface area contributed by atoms with E-state index in [-0.39, 0.29) is 16.8 Å². The number of carbonyl (C=O) groups excluding carboxylic acids is 2. The first-order chi connectivity index (χ1) is 12.5. The van der Waals surface area contributed by atoms with Gasteiger partial charge in [-0.3, -0.25) is 4.79 Å². The highest BCUT2D eigenvalue weighted by atomic mass is 35.5. The van der Waals surface area contributed by atoms with Crippen LogP contribution in [0.15, 0.2) is 54.2 Å². The van der Waals surface area contributed by atoms with Gasteiger partial charge >= 0.3 is 5.97 Å². The van der Waals surface area contributed by atoms with Crippen molar-refractivity contribution < 1.29 is 14.3 Å². The molecule has 0 heterocycles. The van der Waals surface area contributed by atoms with Crippen LogP contribution in [0.3, 0.4) is 0 Å². The summed E-state index contributed by atoms with van der Waals surface area (Å²) in [6.07, 6.45) is 1.20. The molecular formula is C18H13Cl2N3O3. The fourth-order valence-electron chi connectivity index (χ4n) is 1.98. The Kier molecular flexibility index (Phi) is 6.61. The largest absolute Gasteiger partial charge is 0.465 e. The van der Waals surface area contributed by atoms with E-state index < -0.39 is 11.9 Å². The number of hydrogen-bond donors (Lipinski definition) is 2. The third kappa shape index (κ3) is 4.76. The number of benzene rings is 2. The Bertz CT molecular complexity index is 920. The molecule has 2 aromatic carbocycles. The van der Waals surface area contributed by atoms with Crippen LogP contribution < -0.4 is 10.6 Å². The predicted molar refractivity (Wildman–Crippen MR) is 100 cm³/mol. The van der Waals surface area contributed by atoms with E-state index in [0.29, 0.717) is 15.7 Å². The molecule has 8 heteroatoms. The number of esters is 1. The number of nitrogens with one attached hydrogen (secondary N) is 2. The first-order valence-electron chi connectivity index (χ1n) is 7.26. The van der Waals surface area contributed by atoms with Crippen LogP contribution in [0.4, 0.5) is 11.4 Å². The minimum absolute atomic E-state index is 0.173. The summed E-state index contributed by atoms with van der Waals surface area (Å²) in [5, 5.41) is 15.3. The Morgan fingerprint density at radius 1 is 1.15 bits per heavy atom. The summed E-state index contributed by atoms with van der Waals surface area (Å²) in [6.45, 7) is 0. The summed E-state index contributed by atoms with van der Waals surface area (Å²) in [5.74, 6) is -1.30. The van der Waals surface area contributed by atoms with E-state index in [4.69, 9.17) is 23.2 Å². The van der Waals surface area contributed by atoms with Crippen LogP contribution in [0.1, 0.15) is 10.4 Å². The van der Waals surface area contributed by atoms with Crippen molar-refractivity contribution in [2.75, 3.05) is 17.7 Å². The zero-order chi connectivity index (χ0) is 19.1. The van der Waals surface area contributed by atoms with Crippen molar-refractivity contribution >= 4 is 46.5 Å². The molecule has 132 valence electrons. The fraction of sp³-hybridized carbons (Fsp3) is 0.0556. The molecule has 0 bridgehead atoms.